The van der Waals surface area contributed by atoms with Crippen LogP contribution in [0.2, 0.25) is 5.02 Å². The molecule has 33 heavy (non-hydrogen) atoms. The minimum atomic E-state index is 0. The number of hydrogen-bond donors (Lipinski definition) is 0. The Bertz CT molecular complexity index is 1100. The van der Waals surface area contributed by atoms with Gasteiger partial charge in [-0.05, 0) is 94.2 Å². The first-order valence-electron chi connectivity index (χ1n) is 11.8. The first-order chi connectivity index (χ1) is 15.4. The number of halogens is 2. The van der Waals surface area contributed by atoms with Gasteiger partial charge in [0.1, 0.15) is 13.1 Å². The van der Waals surface area contributed by atoms with Crippen LogP contribution >= 0.6 is 11.6 Å². The van der Waals surface area contributed by atoms with Crippen LogP contribution in [-0.4, -0.2) is 36.5 Å². The number of benzene rings is 2. The van der Waals surface area contributed by atoms with Gasteiger partial charge in [0.2, 0.25) is 5.71 Å². The third-order valence-corrected chi connectivity index (χ3v) is 6.65. The van der Waals surface area contributed by atoms with Gasteiger partial charge in [-0.25, -0.2) is 4.58 Å². The summed E-state index contributed by atoms with van der Waals surface area (Å²) in [5.74, 6) is 0. The van der Waals surface area contributed by atoms with Gasteiger partial charge < -0.3 is 17.3 Å². The Hall–Kier alpha value is -2.29. The maximum atomic E-state index is 6.71. The standard InChI is InChI=1S/C29H36ClN2.ClH/c1-7-31(8-2)27-17-15-23(19-21(27)5)29(25-13-11-12-14-26(25)30)24-16-18-28(22(6)20-24)32(9-3)10-4;/h11-20H,7-10H2,1-6H3;1H/q+1;/p-1. The van der Waals surface area contributed by atoms with Crippen molar-refractivity contribution >= 4 is 28.6 Å². The Morgan fingerprint density at radius 2 is 1.58 bits per heavy atom. The molecule has 0 heterocycles. The number of anilines is 1. The van der Waals surface area contributed by atoms with Gasteiger partial charge in [-0.3, -0.25) is 0 Å². The van der Waals surface area contributed by atoms with Crippen molar-refractivity contribution in [1.82, 2.24) is 0 Å². The molecule has 0 aliphatic heterocycles. The van der Waals surface area contributed by atoms with E-state index in [1.54, 1.807) is 0 Å². The highest BCUT2D eigenvalue weighted by Gasteiger charge is 2.20. The highest BCUT2D eigenvalue weighted by molar-refractivity contribution is 6.32. The lowest BCUT2D eigenvalue weighted by atomic mass is 9.88. The summed E-state index contributed by atoms with van der Waals surface area (Å²) in [6, 6.07) is 15.0. The molecule has 0 fully saturated rings. The van der Waals surface area contributed by atoms with Crippen LogP contribution in [0.1, 0.15) is 51.3 Å². The molecule has 0 unspecified atom stereocenters. The Morgan fingerprint density at radius 1 is 0.909 bits per heavy atom. The third-order valence-electron chi connectivity index (χ3n) is 6.32. The molecule has 0 radical (unpaired) electrons. The zero-order valence-electron chi connectivity index (χ0n) is 20.8. The summed E-state index contributed by atoms with van der Waals surface area (Å²) in [6.07, 6.45) is 6.80. The number of allylic oxidation sites excluding steroid dienone is 5. The van der Waals surface area contributed by atoms with Gasteiger partial charge in [-0.2, -0.15) is 0 Å². The molecular formula is C29H36Cl2N2. The maximum absolute atomic E-state index is 6.71. The summed E-state index contributed by atoms with van der Waals surface area (Å²) in [5, 5.41) is 0.776. The van der Waals surface area contributed by atoms with Gasteiger partial charge in [0, 0.05) is 41.0 Å². The minimum absolute atomic E-state index is 0. The Morgan fingerprint density at radius 3 is 2.12 bits per heavy atom. The molecule has 0 atom stereocenters. The van der Waals surface area contributed by atoms with E-state index in [2.05, 4.69) is 99.6 Å². The van der Waals surface area contributed by atoms with E-state index in [0.29, 0.717) is 0 Å². The molecule has 2 aromatic rings. The first kappa shape index (κ1) is 27.0. The van der Waals surface area contributed by atoms with Crippen molar-refractivity contribution in [2.24, 2.45) is 0 Å². The van der Waals surface area contributed by atoms with Crippen molar-refractivity contribution in [3.63, 3.8) is 0 Å². The third kappa shape index (κ3) is 5.80. The van der Waals surface area contributed by atoms with Crippen molar-refractivity contribution in [3.8, 4) is 0 Å². The van der Waals surface area contributed by atoms with Gasteiger partial charge in [-0.15, -0.1) is 0 Å². The fourth-order valence-electron chi connectivity index (χ4n) is 4.60. The largest absolute Gasteiger partial charge is 1.00 e. The van der Waals surface area contributed by atoms with E-state index in [1.165, 1.54) is 39.2 Å². The zero-order chi connectivity index (χ0) is 23.3. The second-order valence-electron chi connectivity index (χ2n) is 8.20. The van der Waals surface area contributed by atoms with E-state index < -0.39 is 0 Å². The van der Waals surface area contributed by atoms with Crippen LogP contribution in [0.4, 0.5) is 5.69 Å². The molecule has 0 amide bonds. The Labute approximate surface area is 211 Å². The molecule has 0 saturated heterocycles. The van der Waals surface area contributed by atoms with Gasteiger partial charge in [0.05, 0.1) is 0 Å². The monoisotopic (exact) mass is 482 g/mol. The molecule has 2 aromatic carbocycles. The van der Waals surface area contributed by atoms with Crippen LogP contribution in [0.15, 0.2) is 71.8 Å². The predicted octanol–water partition coefficient (Wildman–Crippen LogP) is 4.31. The molecule has 0 saturated carbocycles. The summed E-state index contributed by atoms with van der Waals surface area (Å²) in [5.41, 5.74) is 9.80. The molecule has 2 nitrogen and oxygen atoms in total. The molecule has 0 N–H and O–H groups in total. The van der Waals surface area contributed by atoms with Crippen LogP contribution in [-0.2, 0) is 0 Å². The number of rotatable bonds is 7. The first-order valence-corrected chi connectivity index (χ1v) is 12.2. The normalized spacial score (nSPS) is 14.5. The molecule has 176 valence electrons. The number of hydrogen-bond acceptors (Lipinski definition) is 1. The molecule has 1 aliphatic carbocycles. The SMILES string of the molecule is CCN(CC)c1ccc(C(=C2C=CC(=[N+](CC)CC)C(C)=C2)c2ccccc2Cl)cc1C.[Cl-]. The van der Waals surface area contributed by atoms with Crippen molar-refractivity contribution < 1.29 is 17.0 Å². The van der Waals surface area contributed by atoms with Crippen molar-refractivity contribution in [1.29, 1.82) is 0 Å². The van der Waals surface area contributed by atoms with Gasteiger partial charge >= 0.3 is 0 Å². The molecule has 3 rings (SSSR count). The lowest BCUT2D eigenvalue weighted by Crippen LogP contribution is -3.00. The van der Waals surface area contributed by atoms with Crippen molar-refractivity contribution in [2.45, 2.75) is 41.5 Å². The molecule has 0 bridgehead atoms. The number of aryl methyl sites for hydroxylation is 1. The van der Waals surface area contributed by atoms with Crippen LogP contribution in [0.3, 0.4) is 0 Å². The highest BCUT2D eigenvalue weighted by Crippen LogP contribution is 2.36. The quantitative estimate of drug-likeness (QED) is 0.532. The molecule has 0 aromatic heterocycles. The van der Waals surface area contributed by atoms with Gasteiger partial charge in [-0.1, -0.05) is 35.9 Å². The van der Waals surface area contributed by atoms with Crippen LogP contribution < -0.4 is 17.3 Å². The maximum Gasteiger partial charge on any atom is 0.202 e. The topological polar surface area (TPSA) is 6.25 Å². The molecular weight excluding hydrogens is 447 g/mol. The van der Waals surface area contributed by atoms with Crippen molar-refractivity contribution in [2.75, 3.05) is 31.1 Å². The van der Waals surface area contributed by atoms with E-state index in [4.69, 9.17) is 11.6 Å². The lowest BCUT2D eigenvalue weighted by molar-refractivity contribution is -0.519. The van der Waals surface area contributed by atoms with E-state index >= 15 is 0 Å². The summed E-state index contributed by atoms with van der Waals surface area (Å²) >= 11 is 6.71. The average Bonchev–Trinajstić information content (AvgIpc) is 2.79. The van der Waals surface area contributed by atoms with Crippen LogP contribution in [0.25, 0.3) is 5.57 Å². The Balaban J connectivity index is 0.00000385. The van der Waals surface area contributed by atoms with E-state index in [0.717, 1.165) is 36.8 Å². The highest BCUT2D eigenvalue weighted by atomic mass is 35.5. The van der Waals surface area contributed by atoms with Crippen LogP contribution in [0.5, 0.6) is 0 Å². The van der Waals surface area contributed by atoms with Gasteiger partial charge in [0.25, 0.3) is 0 Å². The van der Waals surface area contributed by atoms with Gasteiger partial charge in [0.15, 0.2) is 0 Å². The lowest BCUT2D eigenvalue weighted by Gasteiger charge is -2.24. The van der Waals surface area contributed by atoms with E-state index in [1.807, 2.05) is 12.1 Å². The zero-order valence-corrected chi connectivity index (χ0v) is 22.3. The average molecular weight is 484 g/mol. The number of nitrogens with zero attached hydrogens (tertiary/aromatic N) is 2. The fourth-order valence-corrected chi connectivity index (χ4v) is 4.83. The van der Waals surface area contributed by atoms with E-state index in [9.17, 15) is 0 Å². The molecule has 4 heteroatoms. The second kappa shape index (κ2) is 12.3. The molecule has 0 spiro atoms. The minimum Gasteiger partial charge on any atom is -1.00 e. The van der Waals surface area contributed by atoms with E-state index in [-0.39, 0.29) is 12.4 Å². The fraction of sp³-hybridized carbons (Fsp3) is 0.345. The summed E-state index contributed by atoms with van der Waals surface area (Å²) < 4.78 is 2.40. The van der Waals surface area contributed by atoms with Crippen molar-refractivity contribution in [3.05, 3.63) is 93.6 Å². The summed E-state index contributed by atoms with van der Waals surface area (Å²) in [6.45, 7) is 17.3. The smallest absolute Gasteiger partial charge is 0.202 e. The summed E-state index contributed by atoms with van der Waals surface area (Å²) in [7, 11) is 0. The summed E-state index contributed by atoms with van der Waals surface area (Å²) in [4.78, 5) is 2.40. The predicted molar refractivity (Wildman–Crippen MR) is 141 cm³/mol. The molecule has 1 aliphatic rings. The second-order valence-corrected chi connectivity index (χ2v) is 8.61. The van der Waals surface area contributed by atoms with Crippen LogP contribution in [0, 0.1) is 6.92 Å². The Kier molecular flexibility index (Phi) is 10.0.